The molecule has 100 valence electrons. The SMILES string of the molecule is O=C(O)CSc1n[nH]c(Cc2ccc(Cl)c(Cl)c2)n1. The summed E-state index contributed by atoms with van der Waals surface area (Å²) in [4.78, 5) is 14.6. The lowest BCUT2D eigenvalue weighted by molar-refractivity contribution is -0.133. The van der Waals surface area contributed by atoms with Crippen LogP contribution in [-0.2, 0) is 11.2 Å². The highest BCUT2D eigenvalue weighted by Crippen LogP contribution is 2.23. The molecule has 0 aliphatic heterocycles. The number of benzene rings is 1. The number of nitrogens with one attached hydrogen (secondary N) is 1. The molecule has 0 bridgehead atoms. The molecular formula is C11H9Cl2N3O2S. The summed E-state index contributed by atoms with van der Waals surface area (Å²) in [5.41, 5.74) is 0.945. The Morgan fingerprint density at radius 3 is 2.84 bits per heavy atom. The van der Waals surface area contributed by atoms with Gasteiger partial charge in [0.1, 0.15) is 5.82 Å². The molecule has 1 aromatic heterocycles. The summed E-state index contributed by atoms with van der Waals surface area (Å²) in [6, 6.07) is 5.33. The zero-order chi connectivity index (χ0) is 13.8. The molecule has 0 radical (unpaired) electrons. The number of carboxylic acids is 1. The Morgan fingerprint density at radius 2 is 2.16 bits per heavy atom. The van der Waals surface area contributed by atoms with Gasteiger partial charge >= 0.3 is 5.97 Å². The summed E-state index contributed by atoms with van der Waals surface area (Å²) < 4.78 is 0. The van der Waals surface area contributed by atoms with Gasteiger partial charge in [-0.1, -0.05) is 41.0 Å². The number of halogens is 2. The van der Waals surface area contributed by atoms with Crippen LogP contribution in [0.5, 0.6) is 0 Å². The van der Waals surface area contributed by atoms with Gasteiger partial charge in [-0.15, -0.1) is 5.10 Å². The van der Waals surface area contributed by atoms with Gasteiger partial charge in [-0.05, 0) is 17.7 Å². The first-order valence-electron chi connectivity index (χ1n) is 5.24. The Balaban J connectivity index is 2.02. The summed E-state index contributed by atoms with van der Waals surface area (Å²) >= 11 is 12.8. The van der Waals surface area contributed by atoms with Gasteiger partial charge in [-0.2, -0.15) is 0 Å². The third-order valence-corrected chi connectivity index (χ3v) is 3.76. The van der Waals surface area contributed by atoms with E-state index in [0.29, 0.717) is 27.4 Å². The first kappa shape index (κ1) is 14.2. The van der Waals surface area contributed by atoms with Crippen molar-refractivity contribution in [3.05, 3.63) is 39.6 Å². The van der Waals surface area contributed by atoms with Crippen molar-refractivity contribution in [2.24, 2.45) is 0 Å². The smallest absolute Gasteiger partial charge is 0.313 e. The molecule has 19 heavy (non-hydrogen) atoms. The Kier molecular flexibility index (Phi) is 4.68. The van der Waals surface area contributed by atoms with Crippen LogP contribution >= 0.6 is 35.0 Å². The minimum absolute atomic E-state index is 0.0654. The highest BCUT2D eigenvalue weighted by Gasteiger charge is 2.08. The van der Waals surface area contributed by atoms with Gasteiger partial charge in [-0.3, -0.25) is 9.89 Å². The fourth-order valence-corrected chi connectivity index (χ4v) is 2.25. The standard InChI is InChI=1S/C11H9Cl2N3O2S/c12-7-2-1-6(3-8(7)13)4-9-14-11(16-15-9)19-5-10(17)18/h1-3H,4-5H2,(H,17,18)(H,14,15,16). The van der Waals surface area contributed by atoms with E-state index in [1.165, 1.54) is 0 Å². The van der Waals surface area contributed by atoms with E-state index < -0.39 is 5.97 Å². The summed E-state index contributed by atoms with van der Waals surface area (Å²) in [5, 5.41) is 16.6. The Labute approximate surface area is 123 Å². The van der Waals surface area contributed by atoms with Crippen molar-refractivity contribution >= 4 is 40.9 Å². The number of aromatic nitrogens is 3. The second-order valence-electron chi connectivity index (χ2n) is 3.67. The van der Waals surface area contributed by atoms with Crippen LogP contribution in [0.4, 0.5) is 0 Å². The predicted octanol–water partition coefficient (Wildman–Crippen LogP) is 2.88. The molecule has 0 aliphatic carbocycles. The summed E-state index contributed by atoms with van der Waals surface area (Å²) in [6.45, 7) is 0. The molecule has 0 aliphatic rings. The van der Waals surface area contributed by atoms with E-state index in [9.17, 15) is 4.79 Å². The molecule has 2 aromatic rings. The minimum atomic E-state index is -0.902. The molecule has 0 saturated heterocycles. The maximum atomic E-state index is 10.4. The summed E-state index contributed by atoms with van der Waals surface area (Å²) in [7, 11) is 0. The van der Waals surface area contributed by atoms with Crippen molar-refractivity contribution in [2.75, 3.05) is 5.75 Å². The van der Waals surface area contributed by atoms with Gasteiger partial charge in [0.2, 0.25) is 5.16 Å². The average molecular weight is 318 g/mol. The van der Waals surface area contributed by atoms with Crippen LogP contribution in [0.3, 0.4) is 0 Å². The van der Waals surface area contributed by atoms with Gasteiger partial charge < -0.3 is 5.11 Å². The van der Waals surface area contributed by atoms with Crippen LogP contribution in [0.25, 0.3) is 0 Å². The molecule has 2 rings (SSSR count). The number of aromatic amines is 1. The molecule has 0 amide bonds. The van der Waals surface area contributed by atoms with Gasteiger partial charge in [0.05, 0.1) is 15.8 Å². The van der Waals surface area contributed by atoms with Crippen molar-refractivity contribution in [1.29, 1.82) is 0 Å². The lowest BCUT2D eigenvalue weighted by Crippen LogP contribution is -1.97. The molecule has 5 nitrogen and oxygen atoms in total. The number of hydrogen-bond donors (Lipinski definition) is 2. The van der Waals surface area contributed by atoms with Crippen molar-refractivity contribution in [3.63, 3.8) is 0 Å². The minimum Gasteiger partial charge on any atom is -0.481 e. The monoisotopic (exact) mass is 317 g/mol. The lowest BCUT2D eigenvalue weighted by Gasteiger charge is -2.00. The molecule has 0 atom stereocenters. The van der Waals surface area contributed by atoms with Crippen LogP contribution in [0.2, 0.25) is 10.0 Å². The molecule has 0 fully saturated rings. The highest BCUT2D eigenvalue weighted by atomic mass is 35.5. The van der Waals surface area contributed by atoms with E-state index in [0.717, 1.165) is 17.3 Å². The van der Waals surface area contributed by atoms with E-state index in [4.69, 9.17) is 28.3 Å². The largest absolute Gasteiger partial charge is 0.481 e. The van der Waals surface area contributed by atoms with Crippen LogP contribution in [0, 0.1) is 0 Å². The summed E-state index contributed by atoms with van der Waals surface area (Å²) in [6.07, 6.45) is 0.525. The number of carbonyl (C=O) groups is 1. The van der Waals surface area contributed by atoms with Crippen molar-refractivity contribution in [1.82, 2.24) is 15.2 Å². The average Bonchev–Trinajstić information content (AvgIpc) is 2.79. The Hall–Kier alpha value is -1.24. The van der Waals surface area contributed by atoms with Gasteiger partial charge in [0.25, 0.3) is 0 Å². The number of hydrogen-bond acceptors (Lipinski definition) is 4. The fourth-order valence-electron chi connectivity index (χ4n) is 1.39. The molecule has 0 unspecified atom stereocenters. The van der Waals surface area contributed by atoms with Crippen LogP contribution in [0.1, 0.15) is 11.4 Å². The molecular weight excluding hydrogens is 309 g/mol. The van der Waals surface area contributed by atoms with E-state index in [1.807, 2.05) is 6.07 Å². The van der Waals surface area contributed by atoms with Crippen LogP contribution < -0.4 is 0 Å². The molecule has 0 spiro atoms. The zero-order valence-electron chi connectivity index (χ0n) is 9.56. The van der Waals surface area contributed by atoms with E-state index >= 15 is 0 Å². The number of aliphatic carboxylic acids is 1. The van der Waals surface area contributed by atoms with Crippen LogP contribution in [0.15, 0.2) is 23.4 Å². The number of carboxylic acid groups (broad SMARTS) is 1. The highest BCUT2D eigenvalue weighted by molar-refractivity contribution is 7.99. The number of H-pyrrole nitrogens is 1. The van der Waals surface area contributed by atoms with E-state index in [-0.39, 0.29) is 5.75 Å². The molecule has 1 heterocycles. The molecule has 0 saturated carbocycles. The maximum Gasteiger partial charge on any atom is 0.313 e. The van der Waals surface area contributed by atoms with Gasteiger partial charge in [0, 0.05) is 6.42 Å². The quantitative estimate of drug-likeness (QED) is 0.829. The number of rotatable bonds is 5. The first-order valence-corrected chi connectivity index (χ1v) is 6.98. The lowest BCUT2D eigenvalue weighted by atomic mass is 10.1. The number of thioether (sulfide) groups is 1. The van der Waals surface area contributed by atoms with Gasteiger partial charge in [-0.25, -0.2) is 4.98 Å². The molecule has 8 heteroatoms. The summed E-state index contributed by atoms with van der Waals surface area (Å²) in [5.74, 6) is -0.323. The first-order chi connectivity index (χ1) is 9.04. The molecule has 1 aromatic carbocycles. The normalized spacial score (nSPS) is 10.6. The third-order valence-electron chi connectivity index (χ3n) is 2.19. The predicted molar refractivity (Wildman–Crippen MR) is 74.0 cm³/mol. The molecule has 2 N–H and O–H groups in total. The zero-order valence-corrected chi connectivity index (χ0v) is 11.9. The topological polar surface area (TPSA) is 78.9 Å². The number of nitrogens with zero attached hydrogens (tertiary/aromatic N) is 2. The van der Waals surface area contributed by atoms with E-state index in [1.54, 1.807) is 12.1 Å². The van der Waals surface area contributed by atoms with Gasteiger partial charge in [0.15, 0.2) is 0 Å². The fraction of sp³-hybridized carbons (Fsp3) is 0.182. The Bertz CT molecular complexity index is 603. The van der Waals surface area contributed by atoms with Crippen molar-refractivity contribution in [2.45, 2.75) is 11.6 Å². The second kappa shape index (κ2) is 6.27. The third kappa shape index (κ3) is 4.12. The van der Waals surface area contributed by atoms with Crippen LogP contribution in [-0.4, -0.2) is 32.0 Å². The van der Waals surface area contributed by atoms with Crippen molar-refractivity contribution in [3.8, 4) is 0 Å². The maximum absolute atomic E-state index is 10.4. The Morgan fingerprint density at radius 1 is 1.37 bits per heavy atom. The van der Waals surface area contributed by atoms with Crippen molar-refractivity contribution < 1.29 is 9.90 Å². The van der Waals surface area contributed by atoms with E-state index in [2.05, 4.69) is 15.2 Å². The second-order valence-corrected chi connectivity index (χ2v) is 5.43.